The van der Waals surface area contributed by atoms with Crippen LogP contribution in [0.4, 0.5) is 0 Å². The van der Waals surface area contributed by atoms with Crippen LogP contribution in [0.1, 0.15) is 36.8 Å². The van der Waals surface area contributed by atoms with Crippen LogP contribution in [-0.4, -0.2) is 10.5 Å². The van der Waals surface area contributed by atoms with Gasteiger partial charge in [0.2, 0.25) is 0 Å². The summed E-state index contributed by atoms with van der Waals surface area (Å²) < 4.78 is 1.18. The minimum absolute atomic E-state index is 0.510. The van der Waals surface area contributed by atoms with E-state index in [0.717, 1.165) is 24.1 Å². The molecule has 15 heavy (non-hydrogen) atoms. The maximum Gasteiger partial charge on any atom is 0.178 e. The average molecular weight is 203 g/mol. The first kappa shape index (κ1) is 10.2. The molecule has 0 radical (unpaired) electrons. The van der Waals surface area contributed by atoms with Gasteiger partial charge in [0.1, 0.15) is 0 Å². The molecular weight excluding hydrogens is 186 g/mol. The van der Waals surface area contributed by atoms with Gasteiger partial charge in [-0.25, -0.2) is 4.74 Å². The molecule has 1 aromatic rings. The summed E-state index contributed by atoms with van der Waals surface area (Å²) in [7, 11) is 0. The van der Waals surface area contributed by atoms with Crippen molar-refractivity contribution in [3.63, 3.8) is 0 Å². The topological polar surface area (TPSA) is 26.1 Å². The predicted molar refractivity (Wildman–Crippen MR) is 62.0 cm³/mol. The van der Waals surface area contributed by atoms with Crippen molar-refractivity contribution >= 4 is 5.71 Å². The maximum atomic E-state index is 11.8. The van der Waals surface area contributed by atoms with E-state index in [1.807, 2.05) is 12.1 Å². The van der Waals surface area contributed by atoms with Crippen molar-refractivity contribution in [2.24, 2.45) is 0 Å². The molecule has 2 nitrogen and oxygen atoms in total. The normalized spacial score (nSPS) is 15.7. The zero-order valence-electron chi connectivity index (χ0n) is 9.20. The fraction of sp³-hybridized carbons (Fsp3) is 0.462. The molecule has 1 aliphatic carbocycles. The van der Waals surface area contributed by atoms with E-state index in [4.69, 9.17) is 0 Å². The molecule has 2 rings (SSSR count). The monoisotopic (exact) mass is 203 g/mol. The molecule has 80 valence electrons. The van der Waals surface area contributed by atoms with Crippen molar-refractivity contribution in [2.45, 2.75) is 39.2 Å². The molecule has 0 spiro atoms. The van der Waals surface area contributed by atoms with Crippen LogP contribution < -0.4 is 0 Å². The Hall–Kier alpha value is -1.31. The second-order valence-corrected chi connectivity index (χ2v) is 4.30. The first-order chi connectivity index (χ1) is 7.25. The van der Waals surface area contributed by atoms with Crippen molar-refractivity contribution < 1.29 is 4.74 Å². The van der Waals surface area contributed by atoms with E-state index < -0.39 is 0 Å². The smallest absolute Gasteiger partial charge is 0.178 e. The van der Waals surface area contributed by atoms with Crippen LogP contribution in [-0.2, 0) is 6.54 Å². The minimum atomic E-state index is 0.510. The van der Waals surface area contributed by atoms with Crippen LogP contribution in [0.25, 0.3) is 0 Å². The molecule has 0 aromatic heterocycles. The van der Waals surface area contributed by atoms with Gasteiger partial charge in [-0.2, -0.15) is 0 Å². The molecule has 1 saturated carbocycles. The van der Waals surface area contributed by atoms with Gasteiger partial charge >= 0.3 is 0 Å². The van der Waals surface area contributed by atoms with E-state index in [2.05, 4.69) is 19.1 Å². The van der Waals surface area contributed by atoms with Gasteiger partial charge in [-0.1, -0.05) is 29.8 Å². The molecule has 0 N–H and O–H groups in total. The highest BCUT2D eigenvalue weighted by atomic mass is 16.5. The van der Waals surface area contributed by atoms with Gasteiger partial charge in [-0.15, -0.1) is 0 Å². The summed E-state index contributed by atoms with van der Waals surface area (Å²) in [5.74, 6) is 0. The van der Waals surface area contributed by atoms with Crippen LogP contribution in [0.3, 0.4) is 0 Å². The quantitative estimate of drug-likeness (QED) is 0.412. The van der Waals surface area contributed by atoms with Crippen molar-refractivity contribution in [2.75, 3.05) is 0 Å². The number of hydrogen-bond donors (Lipinski definition) is 0. The van der Waals surface area contributed by atoms with E-state index in [1.54, 1.807) is 0 Å². The molecule has 0 bridgehead atoms. The molecule has 1 aromatic carbocycles. The number of hydrogen-bond acceptors (Lipinski definition) is 1. The Morgan fingerprint density at radius 2 is 1.73 bits per heavy atom. The Morgan fingerprint density at radius 3 is 2.33 bits per heavy atom. The summed E-state index contributed by atoms with van der Waals surface area (Å²) in [4.78, 5) is 0. The fourth-order valence-electron chi connectivity index (χ4n) is 2.00. The van der Waals surface area contributed by atoms with Crippen molar-refractivity contribution in [1.82, 2.24) is 0 Å². The summed E-state index contributed by atoms with van der Waals surface area (Å²) >= 11 is 0. The number of aryl methyl sites for hydroxylation is 1. The van der Waals surface area contributed by atoms with E-state index in [0.29, 0.717) is 6.54 Å². The number of hydroxylamine groups is 1. The molecule has 0 heterocycles. The summed E-state index contributed by atoms with van der Waals surface area (Å²) in [6, 6.07) is 8.19. The maximum absolute atomic E-state index is 11.8. The lowest BCUT2D eigenvalue weighted by atomic mass is 10.1. The molecular formula is C13H17NO. The van der Waals surface area contributed by atoms with Gasteiger partial charge in [0.05, 0.1) is 0 Å². The second-order valence-electron chi connectivity index (χ2n) is 4.30. The van der Waals surface area contributed by atoms with E-state index >= 15 is 0 Å². The Balaban J connectivity index is 2.08. The Morgan fingerprint density at radius 1 is 1.13 bits per heavy atom. The first-order valence-corrected chi connectivity index (χ1v) is 5.60. The summed E-state index contributed by atoms with van der Waals surface area (Å²) in [6.07, 6.45) is 4.36. The Bertz CT molecular complexity index is 357. The zero-order valence-corrected chi connectivity index (χ0v) is 9.20. The number of nitrogens with zero attached hydrogens (tertiary/aromatic N) is 1. The Kier molecular flexibility index (Phi) is 3.05. The second kappa shape index (κ2) is 4.47. The number of benzene rings is 1. The van der Waals surface area contributed by atoms with Gasteiger partial charge in [0, 0.05) is 18.4 Å². The number of rotatable bonds is 2. The van der Waals surface area contributed by atoms with Crippen LogP contribution in [0.5, 0.6) is 0 Å². The lowest BCUT2D eigenvalue weighted by Crippen LogP contribution is -2.12. The van der Waals surface area contributed by atoms with Gasteiger partial charge in [0.25, 0.3) is 0 Å². The molecule has 0 atom stereocenters. The molecule has 0 unspecified atom stereocenters. The highest BCUT2D eigenvalue weighted by Crippen LogP contribution is 2.15. The standard InChI is InChI=1S/C13H17NO/c1-11-6-8-12(9-7-11)10-14(15)13-4-2-3-5-13/h6-9H,2-5,10H2,1H3. The van der Waals surface area contributed by atoms with Crippen molar-refractivity contribution in [3.8, 4) is 0 Å². The highest BCUT2D eigenvalue weighted by molar-refractivity contribution is 5.81. The third-order valence-corrected chi connectivity index (χ3v) is 2.98. The van der Waals surface area contributed by atoms with Gasteiger partial charge in [0.15, 0.2) is 12.3 Å². The van der Waals surface area contributed by atoms with E-state index in [1.165, 1.54) is 23.1 Å². The van der Waals surface area contributed by atoms with Crippen LogP contribution in [0.2, 0.25) is 0 Å². The molecule has 1 aliphatic rings. The van der Waals surface area contributed by atoms with E-state index in [-0.39, 0.29) is 0 Å². The molecule has 0 amide bonds. The molecule has 2 heteroatoms. The summed E-state index contributed by atoms with van der Waals surface area (Å²) in [6.45, 7) is 2.57. The van der Waals surface area contributed by atoms with Crippen molar-refractivity contribution in [1.29, 1.82) is 0 Å². The zero-order chi connectivity index (χ0) is 10.7. The summed E-state index contributed by atoms with van der Waals surface area (Å²) in [5, 5.41) is 11.8. The minimum Gasteiger partial charge on any atom is -0.624 e. The molecule has 0 aliphatic heterocycles. The lowest BCUT2D eigenvalue weighted by Gasteiger charge is -2.07. The van der Waals surface area contributed by atoms with Gasteiger partial charge in [-0.3, -0.25) is 0 Å². The van der Waals surface area contributed by atoms with E-state index in [9.17, 15) is 5.21 Å². The lowest BCUT2D eigenvalue weighted by molar-refractivity contribution is -0.476. The fourth-order valence-corrected chi connectivity index (χ4v) is 2.00. The molecule has 1 fully saturated rings. The van der Waals surface area contributed by atoms with Gasteiger partial charge < -0.3 is 5.21 Å². The Labute approximate surface area is 90.8 Å². The largest absolute Gasteiger partial charge is 0.624 e. The van der Waals surface area contributed by atoms with Crippen molar-refractivity contribution in [3.05, 3.63) is 40.6 Å². The average Bonchev–Trinajstić information content (AvgIpc) is 2.74. The predicted octanol–water partition coefficient (Wildman–Crippen LogP) is 3.02. The SMILES string of the molecule is Cc1ccc(C[N+]([O-])=C2CCCC2)cc1. The molecule has 0 saturated heterocycles. The highest BCUT2D eigenvalue weighted by Gasteiger charge is 2.15. The third kappa shape index (κ3) is 2.58. The third-order valence-electron chi connectivity index (χ3n) is 2.98. The first-order valence-electron chi connectivity index (χ1n) is 5.60. The van der Waals surface area contributed by atoms with Gasteiger partial charge in [-0.05, 0) is 19.8 Å². The summed E-state index contributed by atoms with van der Waals surface area (Å²) in [5.41, 5.74) is 3.43. The van der Waals surface area contributed by atoms with Crippen LogP contribution in [0, 0.1) is 12.1 Å². The van der Waals surface area contributed by atoms with Crippen LogP contribution >= 0.6 is 0 Å². The van der Waals surface area contributed by atoms with Crippen LogP contribution in [0.15, 0.2) is 24.3 Å².